The average molecular weight is 519 g/mol. The van der Waals surface area contributed by atoms with E-state index in [1.165, 1.54) is 38.5 Å². The highest BCUT2D eigenvalue weighted by molar-refractivity contribution is 8.18. The third kappa shape index (κ3) is 6.34. The van der Waals surface area contributed by atoms with Gasteiger partial charge in [0.15, 0.2) is 11.5 Å². The van der Waals surface area contributed by atoms with Gasteiger partial charge in [-0.2, -0.15) is 0 Å². The number of hydrogen-bond donors (Lipinski definition) is 1. The Labute approximate surface area is 211 Å². The minimum absolute atomic E-state index is 0.0990. The summed E-state index contributed by atoms with van der Waals surface area (Å²) in [6.45, 7) is 1.60. The molecule has 0 atom stereocenters. The fourth-order valence-corrected chi connectivity index (χ4v) is 4.14. The van der Waals surface area contributed by atoms with Crippen LogP contribution in [0.5, 0.6) is 11.5 Å². The number of ether oxygens (including phenoxy) is 3. The van der Waals surface area contributed by atoms with Crippen LogP contribution in [0.2, 0.25) is 5.02 Å². The van der Waals surface area contributed by atoms with Gasteiger partial charge in [0.1, 0.15) is 6.54 Å². The van der Waals surface area contributed by atoms with Crippen LogP contribution in [0, 0.1) is 0 Å². The lowest BCUT2D eigenvalue weighted by molar-refractivity contribution is -0.127. The first-order valence-corrected chi connectivity index (χ1v) is 11.7. The van der Waals surface area contributed by atoms with Crippen molar-refractivity contribution in [2.75, 3.05) is 32.7 Å². The van der Waals surface area contributed by atoms with Gasteiger partial charge < -0.3 is 19.5 Å². The highest BCUT2D eigenvalue weighted by Gasteiger charge is 2.36. The molecule has 184 valence electrons. The fraction of sp³-hybridized carbons (Fsp3) is 0.250. The zero-order chi connectivity index (χ0) is 25.5. The topological polar surface area (TPSA) is 111 Å². The van der Waals surface area contributed by atoms with Gasteiger partial charge in [-0.3, -0.25) is 19.3 Å². The maximum atomic E-state index is 12.8. The van der Waals surface area contributed by atoms with Gasteiger partial charge in [-0.15, -0.1) is 0 Å². The number of benzene rings is 2. The third-order valence-corrected chi connectivity index (χ3v) is 6.02. The molecule has 1 fully saturated rings. The summed E-state index contributed by atoms with van der Waals surface area (Å²) in [7, 11) is 3.00. The highest BCUT2D eigenvalue weighted by atomic mass is 35.5. The molecule has 11 heteroatoms. The Bertz CT molecular complexity index is 1200. The lowest BCUT2D eigenvalue weighted by Gasteiger charge is -2.13. The number of rotatable bonds is 9. The highest BCUT2D eigenvalue weighted by Crippen LogP contribution is 2.34. The minimum Gasteiger partial charge on any atom is -0.493 e. The van der Waals surface area contributed by atoms with Gasteiger partial charge in [-0.25, -0.2) is 4.79 Å². The normalized spacial score (nSPS) is 14.3. The number of nitrogens with one attached hydrogen (secondary N) is 1. The van der Waals surface area contributed by atoms with Crippen molar-refractivity contribution in [2.45, 2.75) is 13.3 Å². The van der Waals surface area contributed by atoms with E-state index in [0.29, 0.717) is 23.5 Å². The second-order valence-corrected chi connectivity index (χ2v) is 8.66. The predicted octanol–water partition coefficient (Wildman–Crippen LogP) is 4.60. The van der Waals surface area contributed by atoms with Gasteiger partial charge in [-0.1, -0.05) is 24.6 Å². The summed E-state index contributed by atoms with van der Waals surface area (Å²) in [5.41, 5.74) is 0.999. The number of hydrogen-bond acceptors (Lipinski definition) is 8. The summed E-state index contributed by atoms with van der Waals surface area (Å²) >= 11 is 6.80. The molecule has 35 heavy (non-hydrogen) atoms. The molecule has 3 rings (SSSR count). The number of thioether (sulfide) groups is 1. The van der Waals surface area contributed by atoms with E-state index in [9.17, 15) is 19.2 Å². The predicted molar refractivity (Wildman–Crippen MR) is 133 cm³/mol. The Morgan fingerprint density at radius 3 is 2.51 bits per heavy atom. The van der Waals surface area contributed by atoms with Gasteiger partial charge in [0.2, 0.25) is 5.91 Å². The van der Waals surface area contributed by atoms with Crippen LogP contribution in [0.1, 0.15) is 29.3 Å². The van der Waals surface area contributed by atoms with Crippen LogP contribution < -0.4 is 14.8 Å². The molecule has 9 nitrogen and oxygen atoms in total. The first-order valence-electron chi connectivity index (χ1n) is 10.5. The molecule has 0 radical (unpaired) electrons. The third-order valence-electron chi connectivity index (χ3n) is 4.79. The Balaban J connectivity index is 1.69. The Kier molecular flexibility index (Phi) is 8.78. The molecular weight excluding hydrogens is 496 g/mol. The van der Waals surface area contributed by atoms with Crippen LogP contribution >= 0.6 is 23.4 Å². The summed E-state index contributed by atoms with van der Waals surface area (Å²) in [6, 6.07) is 9.39. The Morgan fingerprint density at radius 1 is 1.09 bits per heavy atom. The van der Waals surface area contributed by atoms with Crippen LogP contribution in [0.25, 0.3) is 6.08 Å². The number of carbonyl (C=O) groups excluding carboxylic acids is 4. The molecule has 3 amide bonds. The second kappa shape index (κ2) is 11.8. The molecule has 0 spiro atoms. The standard InChI is InChI=1S/C24H23ClN2O7S/c1-4-9-34-23(30)16-12-15(6-7-17(16)25)26-21(28)13-27-22(29)20(35-24(27)31)11-14-5-8-18(32-2)19(10-14)33-3/h5-8,10-12H,4,9,13H2,1-3H3,(H,26,28)/b20-11+. The van der Waals surface area contributed by atoms with Gasteiger partial charge >= 0.3 is 5.97 Å². The molecular formula is C24H23ClN2O7S. The van der Waals surface area contributed by atoms with Crippen LogP contribution in [0.15, 0.2) is 41.3 Å². The van der Waals surface area contributed by atoms with Gasteiger partial charge in [0.25, 0.3) is 11.1 Å². The molecule has 1 N–H and O–H groups in total. The largest absolute Gasteiger partial charge is 0.493 e. The lowest BCUT2D eigenvalue weighted by atomic mass is 10.2. The molecule has 0 saturated carbocycles. The van der Waals surface area contributed by atoms with E-state index in [1.807, 2.05) is 6.92 Å². The zero-order valence-electron chi connectivity index (χ0n) is 19.3. The molecule has 0 unspecified atom stereocenters. The zero-order valence-corrected chi connectivity index (χ0v) is 20.8. The maximum Gasteiger partial charge on any atom is 0.339 e. The quantitative estimate of drug-likeness (QED) is 0.379. The summed E-state index contributed by atoms with van der Waals surface area (Å²) in [4.78, 5) is 50.9. The van der Waals surface area contributed by atoms with Crippen molar-refractivity contribution in [2.24, 2.45) is 0 Å². The summed E-state index contributed by atoms with van der Waals surface area (Å²) in [5.74, 6) is -0.821. The fourth-order valence-electron chi connectivity index (χ4n) is 3.11. The van der Waals surface area contributed by atoms with Crippen LogP contribution in [-0.4, -0.2) is 55.3 Å². The molecule has 1 aliphatic rings. The van der Waals surface area contributed by atoms with E-state index in [-0.39, 0.29) is 27.8 Å². The average Bonchev–Trinajstić information content (AvgIpc) is 3.10. The van der Waals surface area contributed by atoms with Gasteiger partial charge in [0, 0.05) is 5.69 Å². The van der Waals surface area contributed by atoms with Crippen molar-refractivity contribution < 1.29 is 33.4 Å². The second-order valence-electron chi connectivity index (χ2n) is 7.26. The molecule has 1 saturated heterocycles. The van der Waals surface area contributed by atoms with Crippen molar-refractivity contribution in [3.05, 3.63) is 57.5 Å². The molecule has 2 aromatic rings. The van der Waals surface area contributed by atoms with E-state index in [1.54, 1.807) is 18.2 Å². The first-order chi connectivity index (χ1) is 16.8. The summed E-state index contributed by atoms with van der Waals surface area (Å²) < 4.78 is 15.5. The molecule has 2 aromatic carbocycles. The monoisotopic (exact) mass is 518 g/mol. The molecule has 0 aromatic heterocycles. The van der Waals surface area contributed by atoms with E-state index in [0.717, 1.165) is 16.7 Å². The van der Waals surface area contributed by atoms with Gasteiger partial charge in [-0.05, 0) is 60.2 Å². The van der Waals surface area contributed by atoms with E-state index in [2.05, 4.69) is 5.32 Å². The molecule has 1 heterocycles. The Hall–Kier alpha value is -3.50. The number of carbonyl (C=O) groups is 4. The molecule has 0 aliphatic carbocycles. The number of esters is 1. The van der Waals surface area contributed by atoms with Crippen LogP contribution in [0.3, 0.4) is 0 Å². The van der Waals surface area contributed by atoms with E-state index in [4.69, 9.17) is 25.8 Å². The number of methoxy groups -OCH3 is 2. The number of amides is 3. The first kappa shape index (κ1) is 26.1. The summed E-state index contributed by atoms with van der Waals surface area (Å²) in [5, 5.41) is 2.17. The number of anilines is 1. The molecule has 0 bridgehead atoms. The number of nitrogens with zero attached hydrogens (tertiary/aromatic N) is 1. The van der Waals surface area contributed by atoms with Crippen molar-refractivity contribution in [3.8, 4) is 11.5 Å². The Morgan fingerprint density at radius 2 is 1.83 bits per heavy atom. The number of imide groups is 1. The maximum absolute atomic E-state index is 12.8. The van der Waals surface area contributed by atoms with E-state index >= 15 is 0 Å². The number of halogens is 1. The van der Waals surface area contributed by atoms with Gasteiger partial charge in [0.05, 0.1) is 36.3 Å². The minimum atomic E-state index is -0.616. The van der Waals surface area contributed by atoms with Crippen molar-refractivity contribution >= 4 is 58.1 Å². The van der Waals surface area contributed by atoms with Crippen LogP contribution in [-0.2, 0) is 14.3 Å². The smallest absolute Gasteiger partial charge is 0.339 e. The van der Waals surface area contributed by atoms with Crippen molar-refractivity contribution in [1.29, 1.82) is 0 Å². The van der Waals surface area contributed by atoms with Crippen molar-refractivity contribution in [1.82, 2.24) is 4.90 Å². The SMILES string of the molecule is CCCOC(=O)c1cc(NC(=O)CN2C(=O)S/C(=C/c3ccc(OC)c(OC)c3)C2=O)ccc1Cl. The molecule has 1 aliphatic heterocycles. The van der Waals surface area contributed by atoms with E-state index < -0.39 is 29.6 Å². The van der Waals surface area contributed by atoms with Crippen molar-refractivity contribution in [3.63, 3.8) is 0 Å². The lowest BCUT2D eigenvalue weighted by Crippen LogP contribution is -2.36. The summed E-state index contributed by atoms with van der Waals surface area (Å²) in [6.07, 6.45) is 2.19. The van der Waals surface area contributed by atoms with Crippen LogP contribution in [0.4, 0.5) is 10.5 Å².